The van der Waals surface area contributed by atoms with Crippen molar-refractivity contribution in [2.45, 2.75) is 25.7 Å². The van der Waals surface area contributed by atoms with Crippen LogP contribution >= 0.6 is 27.5 Å². The van der Waals surface area contributed by atoms with E-state index in [1.165, 1.54) is 17.2 Å². The normalized spacial score (nSPS) is 15.5. The zero-order valence-electron chi connectivity index (χ0n) is 12.1. The molecule has 1 nitrogen and oxygen atoms in total. The zero-order chi connectivity index (χ0) is 16.6. The maximum atomic E-state index is 12.7. The SMILES string of the molecule is FC(F)(F)c1ccc(CN2CCc3cc(Br)ccc3C2)c(Cl)c1. The van der Waals surface area contributed by atoms with Gasteiger partial charge in [-0.3, -0.25) is 4.90 Å². The number of nitrogens with zero attached hydrogens (tertiary/aromatic N) is 1. The van der Waals surface area contributed by atoms with E-state index in [4.69, 9.17) is 11.6 Å². The molecule has 1 aliphatic rings. The van der Waals surface area contributed by atoms with Crippen LogP contribution < -0.4 is 0 Å². The number of fused-ring (bicyclic) bond motifs is 1. The minimum Gasteiger partial charge on any atom is -0.294 e. The molecule has 23 heavy (non-hydrogen) atoms. The van der Waals surface area contributed by atoms with Crippen LogP contribution in [0.15, 0.2) is 40.9 Å². The van der Waals surface area contributed by atoms with Crippen molar-refractivity contribution in [3.05, 3.63) is 68.1 Å². The topological polar surface area (TPSA) is 3.24 Å². The van der Waals surface area contributed by atoms with E-state index in [0.29, 0.717) is 6.54 Å². The Morgan fingerprint density at radius 1 is 1.09 bits per heavy atom. The Bertz CT molecular complexity index is 730. The van der Waals surface area contributed by atoms with E-state index >= 15 is 0 Å². The Labute approximate surface area is 146 Å². The van der Waals surface area contributed by atoms with Crippen LogP contribution in [-0.2, 0) is 25.7 Å². The summed E-state index contributed by atoms with van der Waals surface area (Å²) in [4.78, 5) is 2.20. The summed E-state index contributed by atoms with van der Waals surface area (Å²) in [5, 5.41) is 0.168. The number of halogens is 5. The van der Waals surface area contributed by atoms with Gasteiger partial charge in [-0.1, -0.05) is 39.7 Å². The molecule has 0 amide bonds. The Hall–Kier alpha value is -1.04. The molecule has 1 aliphatic heterocycles. The number of hydrogen-bond acceptors (Lipinski definition) is 1. The molecule has 0 aliphatic carbocycles. The van der Waals surface area contributed by atoms with Crippen LogP contribution in [0.3, 0.4) is 0 Å². The summed E-state index contributed by atoms with van der Waals surface area (Å²) in [6.07, 6.45) is -3.44. The lowest BCUT2D eigenvalue weighted by molar-refractivity contribution is -0.137. The van der Waals surface area contributed by atoms with Crippen LogP contribution in [0.4, 0.5) is 13.2 Å². The van der Waals surface area contributed by atoms with Gasteiger partial charge in [-0.15, -0.1) is 0 Å². The zero-order valence-corrected chi connectivity index (χ0v) is 14.5. The van der Waals surface area contributed by atoms with E-state index in [1.807, 2.05) is 6.07 Å². The molecule has 0 radical (unpaired) electrons. The van der Waals surface area contributed by atoms with Crippen molar-refractivity contribution in [1.82, 2.24) is 4.90 Å². The standard InChI is InChI=1S/C17H14BrClF3N/c18-15-4-2-12-9-23(6-5-11(12)7-15)10-13-1-3-14(8-16(13)19)17(20,21)22/h1-4,7-8H,5-6,9-10H2. The average Bonchev–Trinajstić information content (AvgIpc) is 2.48. The fourth-order valence-corrected chi connectivity index (χ4v) is 3.46. The Kier molecular flexibility index (Phi) is 4.72. The minimum absolute atomic E-state index is 0.168. The molecule has 122 valence electrons. The Morgan fingerprint density at radius 2 is 1.87 bits per heavy atom. The van der Waals surface area contributed by atoms with Crippen molar-refractivity contribution in [3.8, 4) is 0 Å². The van der Waals surface area contributed by atoms with Gasteiger partial charge in [0.05, 0.1) is 5.56 Å². The summed E-state index contributed by atoms with van der Waals surface area (Å²) in [6, 6.07) is 9.79. The van der Waals surface area contributed by atoms with Crippen molar-refractivity contribution in [2.24, 2.45) is 0 Å². The number of alkyl halides is 3. The molecular formula is C17H14BrClF3N. The summed E-state index contributed by atoms with van der Waals surface area (Å²) in [6.45, 7) is 2.19. The molecule has 2 aromatic carbocycles. The van der Waals surface area contributed by atoms with E-state index in [-0.39, 0.29) is 5.02 Å². The van der Waals surface area contributed by atoms with Crippen LogP contribution in [0, 0.1) is 0 Å². The molecule has 1 heterocycles. The minimum atomic E-state index is -4.36. The lowest BCUT2D eigenvalue weighted by Gasteiger charge is -2.29. The van der Waals surface area contributed by atoms with Gasteiger partial charge in [-0.2, -0.15) is 13.2 Å². The second kappa shape index (κ2) is 6.46. The van der Waals surface area contributed by atoms with Gasteiger partial charge < -0.3 is 0 Å². The fourth-order valence-electron chi connectivity index (χ4n) is 2.81. The van der Waals surface area contributed by atoms with Crippen LogP contribution in [0.1, 0.15) is 22.3 Å². The molecule has 0 fully saturated rings. The van der Waals surface area contributed by atoms with Crippen molar-refractivity contribution in [2.75, 3.05) is 6.54 Å². The Morgan fingerprint density at radius 3 is 2.57 bits per heavy atom. The summed E-state index contributed by atoms with van der Waals surface area (Å²) in [5.74, 6) is 0. The van der Waals surface area contributed by atoms with Crippen molar-refractivity contribution >= 4 is 27.5 Å². The maximum Gasteiger partial charge on any atom is 0.416 e. The van der Waals surface area contributed by atoms with E-state index in [9.17, 15) is 13.2 Å². The summed E-state index contributed by atoms with van der Waals surface area (Å²) < 4.78 is 39.1. The highest BCUT2D eigenvalue weighted by Gasteiger charge is 2.31. The highest BCUT2D eigenvalue weighted by molar-refractivity contribution is 9.10. The quantitative estimate of drug-likeness (QED) is 0.622. The predicted molar refractivity (Wildman–Crippen MR) is 88.4 cm³/mol. The van der Waals surface area contributed by atoms with E-state index in [0.717, 1.165) is 41.7 Å². The second-order valence-corrected chi connectivity index (χ2v) is 7.00. The molecule has 0 N–H and O–H groups in total. The molecule has 0 atom stereocenters. The first kappa shape index (κ1) is 16.8. The molecule has 2 aromatic rings. The summed E-state index contributed by atoms with van der Waals surface area (Å²) in [7, 11) is 0. The third-order valence-corrected chi connectivity index (χ3v) is 4.88. The summed E-state index contributed by atoms with van der Waals surface area (Å²) >= 11 is 9.51. The molecule has 0 unspecified atom stereocenters. The van der Waals surface area contributed by atoms with Crippen LogP contribution in [0.2, 0.25) is 5.02 Å². The number of hydrogen-bond donors (Lipinski definition) is 0. The molecule has 3 rings (SSSR count). The van der Waals surface area contributed by atoms with E-state index < -0.39 is 11.7 Å². The first-order valence-corrected chi connectivity index (χ1v) is 8.35. The van der Waals surface area contributed by atoms with E-state index in [1.54, 1.807) is 0 Å². The van der Waals surface area contributed by atoms with Gasteiger partial charge in [-0.25, -0.2) is 0 Å². The molecule has 0 saturated carbocycles. The monoisotopic (exact) mass is 403 g/mol. The van der Waals surface area contributed by atoms with Crippen molar-refractivity contribution in [1.29, 1.82) is 0 Å². The highest BCUT2D eigenvalue weighted by atomic mass is 79.9. The molecule has 6 heteroatoms. The van der Waals surface area contributed by atoms with Gasteiger partial charge in [0.2, 0.25) is 0 Å². The van der Waals surface area contributed by atoms with Crippen molar-refractivity contribution in [3.63, 3.8) is 0 Å². The Balaban J connectivity index is 1.75. The average molecular weight is 405 g/mol. The number of rotatable bonds is 2. The second-order valence-electron chi connectivity index (χ2n) is 5.68. The third kappa shape index (κ3) is 3.90. The first-order valence-electron chi connectivity index (χ1n) is 7.18. The van der Waals surface area contributed by atoms with Gasteiger partial charge in [-0.05, 0) is 47.4 Å². The van der Waals surface area contributed by atoms with Gasteiger partial charge in [0.25, 0.3) is 0 Å². The maximum absolute atomic E-state index is 12.7. The highest BCUT2D eigenvalue weighted by Crippen LogP contribution is 2.33. The van der Waals surface area contributed by atoms with Crippen LogP contribution in [0.5, 0.6) is 0 Å². The largest absolute Gasteiger partial charge is 0.416 e. The van der Waals surface area contributed by atoms with Gasteiger partial charge in [0.15, 0.2) is 0 Å². The van der Waals surface area contributed by atoms with Crippen LogP contribution in [-0.4, -0.2) is 11.4 Å². The van der Waals surface area contributed by atoms with E-state index in [2.05, 4.69) is 33.0 Å². The van der Waals surface area contributed by atoms with Gasteiger partial charge >= 0.3 is 6.18 Å². The van der Waals surface area contributed by atoms with Gasteiger partial charge in [0, 0.05) is 29.1 Å². The molecule has 0 spiro atoms. The molecular weight excluding hydrogens is 391 g/mol. The first-order chi connectivity index (χ1) is 10.8. The lowest BCUT2D eigenvalue weighted by Crippen LogP contribution is -2.30. The molecule has 0 saturated heterocycles. The molecule has 0 bridgehead atoms. The third-order valence-electron chi connectivity index (χ3n) is 4.03. The van der Waals surface area contributed by atoms with Crippen molar-refractivity contribution < 1.29 is 13.2 Å². The van der Waals surface area contributed by atoms with Crippen LogP contribution in [0.25, 0.3) is 0 Å². The fraction of sp³-hybridized carbons (Fsp3) is 0.294. The smallest absolute Gasteiger partial charge is 0.294 e. The predicted octanol–water partition coefficient (Wildman–Crippen LogP) is 5.68. The summed E-state index contributed by atoms with van der Waals surface area (Å²) in [5.41, 5.74) is 2.58. The van der Waals surface area contributed by atoms with Gasteiger partial charge in [0.1, 0.15) is 0 Å². The molecule has 0 aromatic heterocycles. The number of benzene rings is 2. The lowest BCUT2D eigenvalue weighted by atomic mass is 9.99.